The molecule has 4 rings (SSSR count). The van der Waals surface area contributed by atoms with Gasteiger partial charge in [-0.05, 0) is 49.3 Å². The van der Waals surface area contributed by atoms with Crippen molar-refractivity contribution in [1.82, 2.24) is 25.8 Å². The van der Waals surface area contributed by atoms with E-state index in [1.165, 1.54) is 24.2 Å². The molecule has 1 aromatic rings. The maximum absolute atomic E-state index is 13.9. The molecule has 3 aliphatic rings. The Hall–Kier alpha value is -2.36. The first-order valence-electron chi connectivity index (χ1n) is 14.4. The second kappa shape index (κ2) is 13.8. The molecule has 39 heavy (non-hydrogen) atoms. The fraction of sp³-hybridized carbons (Fsp3) is 0.690. The number of halogens is 1. The molecule has 2 aliphatic heterocycles. The molecule has 1 aliphatic carbocycles. The number of hydrogen-bond acceptors (Lipinski definition) is 6. The number of benzene rings is 1. The summed E-state index contributed by atoms with van der Waals surface area (Å²) in [6.07, 6.45) is 7.61. The molecule has 0 bridgehead atoms. The summed E-state index contributed by atoms with van der Waals surface area (Å²) in [7, 11) is 3.40. The highest BCUT2D eigenvalue weighted by molar-refractivity contribution is 6.30. The van der Waals surface area contributed by atoms with Crippen molar-refractivity contribution in [2.75, 3.05) is 53.4 Å². The highest BCUT2D eigenvalue weighted by Gasteiger charge is 2.44. The van der Waals surface area contributed by atoms with Crippen LogP contribution in [0.3, 0.4) is 0 Å². The molecule has 2 heterocycles. The zero-order chi connectivity index (χ0) is 27.8. The van der Waals surface area contributed by atoms with Crippen LogP contribution in [0, 0.1) is 11.3 Å². The number of nitrogens with zero attached hydrogens (tertiary/aromatic N) is 2. The molecule has 216 valence electrons. The van der Waals surface area contributed by atoms with Gasteiger partial charge in [0.15, 0.2) is 0 Å². The molecular formula is C29H44ClN5O4. The molecule has 3 amide bonds. The third kappa shape index (κ3) is 7.86. The van der Waals surface area contributed by atoms with Crippen molar-refractivity contribution in [3.05, 3.63) is 34.9 Å². The molecule has 0 radical (unpaired) electrons. The lowest BCUT2D eigenvalue weighted by Gasteiger charge is -2.48. The first-order valence-corrected chi connectivity index (χ1v) is 14.8. The number of likely N-dealkylation sites (tertiary alicyclic amines) is 1. The van der Waals surface area contributed by atoms with Gasteiger partial charge in [-0.1, -0.05) is 43.0 Å². The van der Waals surface area contributed by atoms with Crippen LogP contribution in [-0.4, -0.2) is 93.2 Å². The minimum absolute atomic E-state index is 0.0652. The molecule has 0 aromatic heterocycles. The Kier molecular flexibility index (Phi) is 10.5. The van der Waals surface area contributed by atoms with Gasteiger partial charge in [0.2, 0.25) is 11.8 Å². The number of amides is 3. The summed E-state index contributed by atoms with van der Waals surface area (Å²) < 4.78 is 5.75. The molecule has 0 unspecified atom stereocenters. The van der Waals surface area contributed by atoms with Crippen molar-refractivity contribution in [3.63, 3.8) is 0 Å². The van der Waals surface area contributed by atoms with Crippen molar-refractivity contribution in [1.29, 1.82) is 0 Å². The molecule has 0 spiro atoms. The van der Waals surface area contributed by atoms with Gasteiger partial charge in [0.25, 0.3) is 0 Å². The van der Waals surface area contributed by atoms with Crippen LogP contribution in [0.5, 0.6) is 0 Å². The van der Waals surface area contributed by atoms with Gasteiger partial charge >= 0.3 is 6.09 Å². The Morgan fingerprint density at radius 1 is 1.10 bits per heavy atom. The van der Waals surface area contributed by atoms with Gasteiger partial charge in [-0.25, -0.2) is 4.79 Å². The van der Waals surface area contributed by atoms with Crippen LogP contribution in [0.25, 0.3) is 0 Å². The monoisotopic (exact) mass is 561 g/mol. The van der Waals surface area contributed by atoms with Crippen LogP contribution < -0.4 is 16.0 Å². The highest BCUT2D eigenvalue weighted by atomic mass is 35.5. The minimum atomic E-state index is -0.670. The van der Waals surface area contributed by atoms with Gasteiger partial charge in [0.05, 0.1) is 12.6 Å². The van der Waals surface area contributed by atoms with E-state index in [0.717, 1.165) is 37.8 Å². The topological polar surface area (TPSA) is 103 Å². The Bertz CT molecular complexity index is 968. The number of carbonyl (C=O) groups excluding carboxylic acids is 3. The summed E-state index contributed by atoms with van der Waals surface area (Å²) >= 11 is 6.08. The lowest BCUT2D eigenvalue weighted by atomic mass is 9.64. The minimum Gasteiger partial charge on any atom is -0.449 e. The van der Waals surface area contributed by atoms with Gasteiger partial charge < -0.3 is 30.5 Å². The number of piperidine rings is 1. The first kappa shape index (κ1) is 29.6. The average molecular weight is 562 g/mol. The lowest BCUT2D eigenvalue weighted by molar-refractivity contribution is -0.140. The Labute approximate surface area is 237 Å². The fourth-order valence-electron chi connectivity index (χ4n) is 6.28. The number of nitrogens with one attached hydrogen (secondary N) is 3. The van der Waals surface area contributed by atoms with E-state index in [-0.39, 0.29) is 29.4 Å². The SMILES string of the molecule is CN(C)C(=O)OCC1(C2CCCCC2)CCN(C(=O)[C@@H](Cc2ccc(Cl)cc2)NC(=O)[C@@H]2CNCCN2)CC1. The smallest absolute Gasteiger partial charge is 0.409 e. The number of carbonyl (C=O) groups is 3. The number of piperazine rings is 1. The van der Waals surface area contributed by atoms with E-state index in [0.29, 0.717) is 50.1 Å². The Balaban J connectivity index is 1.46. The molecular weight excluding hydrogens is 518 g/mol. The van der Waals surface area contributed by atoms with Crippen molar-refractivity contribution in [2.24, 2.45) is 11.3 Å². The summed E-state index contributed by atoms with van der Waals surface area (Å²) in [6.45, 7) is 3.63. The maximum Gasteiger partial charge on any atom is 0.409 e. The van der Waals surface area contributed by atoms with Crippen LogP contribution in [0.1, 0.15) is 50.5 Å². The molecule has 3 fully saturated rings. The molecule has 2 saturated heterocycles. The van der Waals surface area contributed by atoms with E-state index in [1.807, 2.05) is 17.0 Å². The normalized spacial score (nSPS) is 22.5. The average Bonchev–Trinajstić information content (AvgIpc) is 2.97. The quantitative estimate of drug-likeness (QED) is 0.451. The van der Waals surface area contributed by atoms with Gasteiger partial charge in [0, 0.05) is 63.7 Å². The molecule has 1 saturated carbocycles. The molecule has 2 atom stereocenters. The standard InChI is InChI=1S/C29H44ClN5O4/c1-34(2)28(38)39-20-29(22-6-4-3-5-7-22)12-16-35(17-13-29)27(37)24(18-21-8-10-23(30)11-9-21)33-26(36)25-19-31-14-15-32-25/h8-11,22,24-25,31-32H,3-7,12-20H2,1-2H3,(H,33,36)/t24-,25+/m1/s1. The molecule has 9 nitrogen and oxygen atoms in total. The summed E-state index contributed by atoms with van der Waals surface area (Å²) in [5.74, 6) is 0.260. The highest BCUT2D eigenvalue weighted by Crippen LogP contribution is 2.46. The van der Waals surface area contributed by atoms with E-state index >= 15 is 0 Å². The van der Waals surface area contributed by atoms with Crippen LogP contribution in [0.15, 0.2) is 24.3 Å². The van der Waals surface area contributed by atoms with Crippen molar-refractivity contribution < 1.29 is 19.1 Å². The van der Waals surface area contributed by atoms with Crippen LogP contribution in [-0.2, 0) is 20.7 Å². The van der Waals surface area contributed by atoms with E-state index in [1.54, 1.807) is 26.2 Å². The number of ether oxygens (including phenoxy) is 1. The Morgan fingerprint density at radius 2 is 1.79 bits per heavy atom. The van der Waals surface area contributed by atoms with Crippen LogP contribution >= 0.6 is 11.6 Å². The zero-order valence-electron chi connectivity index (χ0n) is 23.3. The lowest BCUT2D eigenvalue weighted by Crippen LogP contribution is -2.60. The largest absolute Gasteiger partial charge is 0.449 e. The zero-order valence-corrected chi connectivity index (χ0v) is 24.1. The summed E-state index contributed by atoms with van der Waals surface area (Å²) in [5, 5.41) is 10.1. The summed E-state index contributed by atoms with van der Waals surface area (Å²) in [4.78, 5) is 42.6. The third-order valence-electron chi connectivity index (χ3n) is 8.72. The van der Waals surface area contributed by atoms with Crippen molar-refractivity contribution >= 4 is 29.5 Å². The molecule has 10 heteroatoms. The van der Waals surface area contributed by atoms with Gasteiger partial charge in [-0.3, -0.25) is 9.59 Å². The fourth-order valence-corrected chi connectivity index (χ4v) is 6.41. The van der Waals surface area contributed by atoms with E-state index < -0.39 is 6.04 Å². The molecule has 3 N–H and O–H groups in total. The molecule has 1 aromatic carbocycles. The first-order chi connectivity index (χ1) is 18.8. The van der Waals surface area contributed by atoms with Gasteiger partial charge in [-0.15, -0.1) is 0 Å². The second-order valence-electron chi connectivity index (χ2n) is 11.6. The van der Waals surface area contributed by atoms with Crippen molar-refractivity contribution in [3.8, 4) is 0 Å². The van der Waals surface area contributed by atoms with Gasteiger partial charge in [0.1, 0.15) is 6.04 Å². The maximum atomic E-state index is 13.9. The number of rotatable bonds is 8. The van der Waals surface area contributed by atoms with E-state index in [2.05, 4.69) is 16.0 Å². The van der Waals surface area contributed by atoms with E-state index in [9.17, 15) is 14.4 Å². The van der Waals surface area contributed by atoms with Crippen LogP contribution in [0.4, 0.5) is 4.79 Å². The second-order valence-corrected chi connectivity index (χ2v) is 12.0. The Morgan fingerprint density at radius 3 is 2.41 bits per heavy atom. The summed E-state index contributed by atoms with van der Waals surface area (Å²) in [5.41, 5.74) is 0.826. The number of hydrogen-bond donors (Lipinski definition) is 3. The predicted molar refractivity (Wildman–Crippen MR) is 152 cm³/mol. The van der Waals surface area contributed by atoms with Crippen LogP contribution in [0.2, 0.25) is 5.02 Å². The van der Waals surface area contributed by atoms with E-state index in [4.69, 9.17) is 16.3 Å². The summed E-state index contributed by atoms with van der Waals surface area (Å²) in [6, 6.07) is 6.38. The predicted octanol–water partition coefficient (Wildman–Crippen LogP) is 2.82. The third-order valence-corrected chi connectivity index (χ3v) is 8.97. The van der Waals surface area contributed by atoms with Crippen molar-refractivity contribution in [2.45, 2.75) is 63.5 Å². The van der Waals surface area contributed by atoms with Gasteiger partial charge in [-0.2, -0.15) is 0 Å².